The van der Waals surface area contributed by atoms with E-state index in [4.69, 9.17) is 4.98 Å². The van der Waals surface area contributed by atoms with Gasteiger partial charge < -0.3 is 10.1 Å². The summed E-state index contributed by atoms with van der Waals surface area (Å²) >= 11 is 3.05. The number of nitrogens with zero attached hydrogens (tertiary/aromatic N) is 5. The zero-order valence-corrected chi connectivity index (χ0v) is 17.2. The first kappa shape index (κ1) is 19.3. The minimum Gasteiger partial charge on any atom is -0.343 e. The number of thioether (sulfide) groups is 1. The lowest BCUT2D eigenvalue weighted by atomic mass is 10.1. The number of hydroxylamine groups is 2. The van der Waals surface area contributed by atoms with Crippen molar-refractivity contribution < 1.29 is 9.60 Å². The Morgan fingerprint density at radius 2 is 1.96 bits per heavy atom. The zero-order valence-electron chi connectivity index (χ0n) is 15.5. The Morgan fingerprint density at radius 1 is 1.18 bits per heavy atom. The van der Waals surface area contributed by atoms with Crippen molar-refractivity contribution in [3.63, 3.8) is 0 Å². The first-order valence-electron chi connectivity index (χ1n) is 8.90. The second-order valence-corrected chi connectivity index (χ2v) is 8.32. The van der Waals surface area contributed by atoms with Gasteiger partial charge in [-0.15, -0.1) is 0 Å². The molecule has 1 N–H and O–H groups in total. The minimum atomic E-state index is -0.278. The zero-order chi connectivity index (χ0) is 19.7. The van der Waals surface area contributed by atoms with Gasteiger partial charge >= 0.3 is 0 Å². The van der Waals surface area contributed by atoms with Crippen LogP contribution in [0.15, 0.2) is 41.7 Å². The maximum absolute atomic E-state index is 13.4. The Balaban J connectivity index is 1.80. The number of hydrogen-bond donors (Lipinski definition) is 1. The van der Waals surface area contributed by atoms with Crippen molar-refractivity contribution in [3.8, 4) is 21.8 Å². The molecule has 28 heavy (non-hydrogen) atoms. The van der Waals surface area contributed by atoms with E-state index in [9.17, 15) is 9.60 Å². The summed E-state index contributed by atoms with van der Waals surface area (Å²) < 4.78 is 13.4. The van der Waals surface area contributed by atoms with Gasteiger partial charge in [0.2, 0.25) is 0 Å². The normalized spacial score (nSPS) is 17.9. The fraction of sp³-hybridized carbons (Fsp3) is 0.316. The third-order valence-electron chi connectivity index (χ3n) is 4.63. The summed E-state index contributed by atoms with van der Waals surface area (Å²) in [5, 5.41) is 12.7. The van der Waals surface area contributed by atoms with Gasteiger partial charge in [-0.1, -0.05) is 23.1 Å². The van der Waals surface area contributed by atoms with Crippen molar-refractivity contribution in [3.05, 3.63) is 42.3 Å². The molecule has 3 aromatic rings. The van der Waals surface area contributed by atoms with Crippen LogP contribution < -0.4 is 4.90 Å². The number of benzene rings is 1. The highest BCUT2D eigenvalue weighted by Crippen LogP contribution is 2.40. The monoisotopic (exact) mass is 417 g/mol. The van der Waals surface area contributed by atoms with Crippen LogP contribution in [0.5, 0.6) is 0 Å². The summed E-state index contributed by atoms with van der Waals surface area (Å²) in [5.41, 5.74) is 2.43. The molecule has 1 aromatic carbocycles. The third-order valence-corrected chi connectivity index (χ3v) is 6.31. The smallest absolute Gasteiger partial charge is 0.187 e. The predicted molar refractivity (Wildman–Crippen MR) is 110 cm³/mol. The Hall–Kier alpha value is -2.07. The molecule has 0 radical (unpaired) electrons. The lowest BCUT2D eigenvalue weighted by Crippen LogP contribution is -2.50. The molecule has 146 valence electrons. The van der Waals surface area contributed by atoms with E-state index in [0.717, 1.165) is 27.0 Å². The molecule has 0 bridgehead atoms. The van der Waals surface area contributed by atoms with Gasteiger partial charge in [-0.05, 0) is 43.5 Å². The number of hydrogen-bond acceptors (Lipinski definition) is 8. The highest BCUT2D eigenvalue weighted by atomic mass is 32.2. The average Bonchev–Trinajstić information content (AvgIpc) is 3.13. The number of thiazole rings is 1. The van der Waals surface area contributed by atoms with E-state index in [0.29, 0.717) is 24.8 Å². The molecule has 1 fully saturated rings. The number of aromatic nitrogens is 3. The quantitative estimate of drug-likeness (QED) is 0.508. The van der Waals surface area contributed by atoms with Crippen LogP contribution >= 0.6 is 23.1 Å². The van der Waals surface area contributed by atoms with E-state index in [2.05, 4.69) is 21.8 Å². The van der Waals surface area contributed by atoms with Crippen LogP contribution in [0, 0.1) is 5.82 Å². The lowest BCUT2D eigenvalue weighted by Gasteiger charge is -2.36. The highest BCUT2D eigenvalue weighted by molar-refractivity contribution is 7.98. The predicted octanol–water partition coefficient (Wildman–Crippen LogP) is 4.03. The molecule has 1 unspecified atom stereocenters. The maximum Gasteiger partial charge on any atom is 0.187 e. The van der Waals surface area contributed by atoms with Crippen LogP contribution in [0.1, 0.15) is 6.92 Å². The molecule has 1 aliphatic heterocycles. The molecular weight excluding hydrogens is 397 g/mol. The maximum atomic E-state index is 13.4. The molecule has 1 saturated heterocycles. The molecule has 9 heteroatoms. The van der Waals surface area contributed by atoms with E-state index in [1.807, 2.05) is 12.3 Å². The molecular formula is C19H20FN5OS2. The van der Waals surface area contributed by atoms with E-state index in [1.165, 1.54) is 29.0 Å². The molecule has 1 aliphatic rings. The van der Waals surface area contributed by atoms with Crippen LogP contribution in [-0.4, -0.2) is 57.2 Å². The minimum absolute atomic E-state index is 0.131. The molecule has 6 nitrogen and oxygen atoms in total. The van der Waals surface area contributed by atoms with Crippen molar-refractivity contribution in [1.29, 1.82) is 0 Å². The van der Waals surface area contributed by atoms with Crippen LogP contribution in [-0.2, 0) is 0 Å². The van der Waals surface area contributed by atoms with E-state index in [1.54, 1.807) is 29.7 Å². The van der Waals surface area contributed by atoms with Gasteiger partial charge in [0, 0.05) is 37.4 Å². The molecule has 3 heterocycles. The fourth-order valence-corrected chi connectivity index (χ4v) is 4.74. The van der Waals surface area contributed by atoms with Gasteiger partial charge in [-0.2, -0.15) is 5.06 Å². The van der Waals surface area contributed by atoms with E-state index >= 15 is 0 Å². The molecule has 1 atom stereocenters. The number of anilines is 1. The van der Waals surface area contributed by atoms with Crippen molar-refractivity contribution in [2.24, 2.45) is 0 Å². The Labute approximate surface area is 171 Å². The van der Waals surface area contributed by atoms with Gasteiger partial charge in [0.25, 0.3) is 0 Å². The number of piperazine rings is 1. The first-order chi connectivity index (χ1) is 13.5. The van der Waals surface area contributed by atoms with Gasteiger partial charge in [-0.25, -0.2) is 19.3 Å². The third kappa shape index (κ3) is 3.88. The SMILES string of the molecule is CSc1nccc(-c2sc(N3CCN(O)CC3C)nc2-c2ccc(F)cc2)n1. The van der Waals surface area contributed by atoms with E-state index in [-0.39, 0.29) is 11.9 Å². The van der Waals surface area contributed by atoms with Gasteiger partial charge in [-0.3, -0.25) is 0 Å². The molecule has 0 spiro atoms. The van der Waals surface area contributed by atoms with Gasteiger partial charge in [0.15, 0.2) is 10.3 Å². The standard InChI is InChI=1S/C19H20FN5OS2/c1-12-11-24(26)9-10-25(12)19-23-16(13-3-5-14(20)6-4-13)17(28-19)15-7-8-21-18(22-15)27-2/h3-8,12,26H,9-11H2,1-2H3. The Kier molecular flexibility index (Phi) is 5.58. The van der Waals surface area contributed by atoms with Crippen LogP contribution in [0.4, 0.5) is 9.52 Å². The van der Waals surface area contributed by atoms with Crippen molar-refractivity contribution in [2.45, 2.75) is 18.1 Å². The van der Waals surface area contributed by atoms with Gasteiger partial charge in [0.1, 0.15) is 5.82 Å². The van der Waals surface area contributed by atoms with E-state index < -0.39 is 0 Å². The average molecular weight is 418 g/mol. The molecule has 4 rings (SSSR count). The van der Waals surface area contributed by atoms with Gasteiger partial charge in [0.05, 0.1) is 16.3 Å². The Morgan fingerprint density at radius 3 is 2.68 bits per heavy atom. The Bertz CT molecular complexity index is 965. The second-order valence-electron chi connectivity index (χ2n) is 6.56. The largest absolute Gasteiger partial charge is 0.343 e. The van der Waals surface area contributed by atoms with Crippen LogP contribution in [0.3, 0.4) is 0 Å². The van der Waals surface area contributed by atoms with Crippen LogP contribution in [0.2, 0.25) is 0 Å². The highest BCUT2D eigenvalue weighted by Gasteiger charge is 2.27. The van der Waals surface area contributed by atoms with Crippen molar-refractivity contribution >= 4 is 28.2 Å². The summed E-state index contributed by atoms with van der Waals surface area (Å²) in [5.74, 6) is -0.278. The molecule has 2 aromatic heterocycles. The number of rotatable bonds is 4. The van der Waals surface area contributed by atoms with Crippen LogP contribution in [0.25, 0.3) is 21.8 Å². The first-order valence-corrected chi connectivity index (χ1v) is 10.9. The summed E-state index contributed by atoms with van der Waals surface area (Å²) in [6, 6.07) is 8.37. The molecule has 0 amide bonds. The lowest BCUT2D eigenvalue weighted by molar-refractivity contribution is -0.101. The summed E-state index contributed by atoms with van der Waals surface area (Å²) in [6.07, 6.45) is 3.68. The summed E-state index contributed by atoms with van der Waals surface area (Å²) in [4.78, 5) is 16.9. The molecule has 0 aliphatic carbocycles. The summed E-state index contributed by atoms with van der Waals surface area (Å²) in [6.45, 7) is 3.88. The van der Waals surface area contributed by atoms with Crippen molar-refractivity contribution in [2.75, 3.05) is 30.8 Å². The number of halogens is 1. The second kappa shape index (κ2) is 8.12. The topological polar surface area (TPSA) is 65.4 Å². The summed E-state index contributed by atoms with van der Waals surface area (Å²) in [7, 11) is 0. The molecule has 0 saturated carbocycles. The van der Waals surface area contributed by atoms with Crippen molar-refractivity contribution in [1.82, 2.24) is 20.0 Å². The fourth-order valence-electron chi connectivity index (χ4n) is 3.20.